The summed E-state index contributed by atoms with van der Waals surface area (Å²) in [5.74, 6) is -0.221. The topological polar surface area (TPSA) is 67.1 Å². The lowest BCUT2D eigenvalue weighted by Gasteiger charge is -2.12. The van der Waals surface area contributed by atoms with Gasteiger partial charge in [0.2, 0.25) is 5.91 Å². The Morgan fingerprint density at radius 1 is 1.44 bits per heavy atom. The SMILES string of the molecule is CC.CCCCNCC1CCC(C(N)=O)N1. The Morgan fingerprint density at radius 3 is 2.62 bits per heavy atom. The van der Waals surface area contributed by atoms with E-state index < -0.39 is 0 Å². The molecule has 2 atom stereocenters. The van der Waals surface area contributed by atoms with Gasteiger partial charge < -0.3 is 16.4 Å². The maximum Gasteiger partial charge on any atom is 0.234 e. The number of rotatable bonds is 6. The van der Waals surface area contributed by atoms with Crippen molar-refractivity contribution in [3.05, 3.63) is 0 Å². The molecule has 4 N–H and O–H groups in total. The first-order valence-corrected chi connectivity index (χ1v) is 6.50. The molecule has 0 aromatic carbocycles. The predicted octanol–water partition coefficient (Wildman–Crippen LogP) is 1.01. The molecule has 1 fully saturated rings. The Hall–Kier alpha value is -0.610. The first-order valence-electron chi connectivity index (χ1n) is 6.50. The van der Waals surface area contributed by atoms with Crippen LogP contribution < -0.4 is 16.4 Å². The van der Waals surface area contributed by atoms with E-state index in [1.54, 1.807) is 0 Å². The van der Waals surface area contributed by atoms with Crippen molar-refractivity contribution in [3.63, 3.8) is 0 Å². The largest absolute Gasteiger partial charge is 0.368 e. The van der Waals surface area contributed by atoms with E-state index in [1.165, 1.54) is 12.8 Å². The fraction of sp³-hybridized carbons (Fsp3) is 0.917. The van der Waals surface area contributed by atoms with Crippen LogP contribution in [0.4, 0.5) is 0 Å². The summed E-state index contributed by atoms with van der Waals surface area (Å²) in [6, 6.07) is 0.317. The van der Waals surface area contributed by atoms with Gasteiger partial charge in [0, 0.05) is 12.6 Å². The minimum Gasteiger partial charge on any atom is -0.368 e. The monoisotopic (exact) mass is 229 g/mol. The summed E-state index contributed by atoms with van der Waals surface area (Å²) in [6.45, 7) is 8.19. The number of hydrogen-bond donors (Lipinski definition) is 3. The van der Waals surface area contributed by atoms with Gasteiger partial charge in [-0.25, -0.2) is 0 Å². The summed E-state index contributed by atoms with van der Waals surface area (Å²) in [5.41, 5.74) is 5.21. The lowest BCUT2D eigenvalue weighted by Crippen LogP contribution is -2.43. The third-order valence-corrected chi connectivity index (χ3v) is 2.68. The molecule has 1 saturated heterocycles. The van der Waals surface area contributed by atoms with Crippen molar-refractivity contribution in [1.82, 2.24) is 10.6 Å². The fourth-order valence-electron chi connectivity index (χ4n) is 1.78. The molecule has 0 aromatic rings. The van der Waals surface area contributed by atoms with E-state index in [1.807, 2.05) is 13.8 Å². The van der Waals surface area contributed by atoms with Crippen LogP contribution in [0.25, 0.3) is 0 Å². The number of carbonyl (C=O) groups is 1. The van der Waals surface area contributed by atoms with Gasteiger partial charge in [-0.15, -0.1) is 0 Å². The van der Waals surface area contributed by atoms with Gasteiger partial charge in [0.25, 0.3) is 0 Å². The zero-order valence-electron chi connectivity index (χ0n) is 10.9. The van der Waals surface area contributed by atoms with Crippen LogP contribution in [0.1, 0.15) is 46.5 Å². The van der Waals surface area contributed by atoms with Gasteiger partial charge in [-0.05, 0) is 25.8 Å². The number of primary amides is 1. The summed E-state index contributed by atoms with van der Waals surface area (Å²) in [7, 11) is 0. The Bertz CT molecular complexity index is 185. The van der Waals surface area contributed by atoms with Crippen LogP contribution >= 0.6 is 0 Å². The van der Waals surface area contributed by atoms with Gasteiger partial charge in [0.1, 0.15) is 0 Å². The van der Waals surface area contributed by atoms with Gasteiger partial charge in [0.05, 0.1) is 6.04 Å². The van der Waals surface area contributed by atoms with Crippen LogP contribution in [0.5, 0.6) is 0 Å². The highest BCUT2D eigenvalue weighted by atomic mass is 16.1. The van der Waals surface area contributed by atoms with Gasteiger partial charge in [-0.3, -0.25) is 4.79 Å². The van der Waals surface area contributed by atoms with Crippen LogP contribution in [0.15, 0.2) is 0 Å². The van der Waals surface area contributed by atoms with E-state index in [0.717, 1.165) is 25.9 Å². The summed E-state index contributed by atoms with van der Waals surface area (Å²) in [5, 5.41) is 6.60. The van der Waals surface area contributed by atoms with Crippen molar-refractivity contribution < 1.29 is 4.79 Å². The molecular formula is C12H27N3O. The second-order valence-electron chi connectivity index (χ2n) is 3.95. The maximum absolute atomic E-state index is 10.9. The molecule has 0 spiro atoms. The van der Waals surface area contributed by atoms with Crippen molar-refractivity contribution in [1.29, 1.82) is 0 Å². The van der Waals surface area contributed by atoms with Crippen molar-refractivity contribution in [2.75, 3.05) is 13.1 Å². The zero-order chi connectivity index (χ0) is 12.4. The highest BCUT2D eigenvalue weighted by Crippen LogP contribution is 2.10. The van der Waals surface area contributed by atoms with Crippen LogP contribution in [0.2, 0.25) is 0 Å². The normalized spacial score (nSPS) is 23.7. The zero-order valence-corrected chi connectivity index (χ0v) is 10.9. The third kappa shape index (κ3) is 6.08. The van der Waals surface area contributed by atoms with Crippen LogP contribution in [-0.2, 0) is 4.79 Å². The average Bonchev–Trinajstić information content (AvgIpc) is 2.76. The van der Waals surface area contributed by atoms with Gasteiger partial charge in [-0.1, -0.05) is 27.2 Å². The smallest absolute Gasteiger partial charge is 0.234 e. The summed E-state index contributed by atoms with van der Waals surface area (Å²) in [6.07, 6.45) is 4.36. The molecule has 0 aromatic heterocycles. The third-order valence-electron chi connectivity index (χ3n) is 2.68. The molecule has 16 heavy (non-hydrogen) atoms. The van der Waals surface area contributed by atoms with Crippen LogP contribution in [0.3, 0.4) is 0 Å². The highest BCUT2D eigenvalue weighted by Gasteiger charge is 2.26. The Morgan fingerprint density at radius 2 is 2.12 bits per heavy atom. The second-order valence-corrected chi connectivity index (χ2v) is 3.95. The molecule has 0 saturated carbocycles. The van der Waals surface area contributed by atoms with Crippen LogP contribution in [-0.4, -0.2) is 31.1 Å². The van der Waals surface area contributed by atoms with Gasteiger partial charge in [0.15, 0.2) is 0 Å². The minimum atomic E-state index is -0.221. The van der Waals surface area contributed by atoms with E-state index in [4.69, 9.17) is 5.73 Å². The molecule has 1 aliphatic rings. The minimum absolute atomic E-state index is 0.104. The Kier molecular flexibility index (Phi) is 9.24. The molecule has 1 rings (SSSR count). The Labute approximate surface area is 99.4 Å². The lowest BCUT2D eigenvalue weighted by molar-refractivity contribution is -0.119. The lowest BCUT2D eigenvalue weighted by atomic mass is 10.2. The molecular weight excluding hydrogens is 202 g/mol. The first kappa shape index (κ1) is 15.4. The van der Waals surface area contributed by atoms with Crippen molar-refractivity contribution >= 4 is 5.91 Å². The molecule has 1 amide bonds. The van der Waals surface area contributed by atoms with E-state index >= 15 is 0 Å². The Balaban J connectivity index is 0.00000106. The van der Waals surface area contributed by atoms with E-state index in [0.29, 0.717) is 6.04 Å². The summed E-state index contributed by atoms with van der Waals surface area (Å²) < 4.78 is 0. The quantitative estimate of drug-likeness (QED) is 0.595. The molecule has 0 radical (unpaired) electrons. The van der Waals surface area contributed by atoms with Gasteiger partial charge in [-0.2, -0.15) is 0 Å². The molecule has 2 unspecified atom stereocenters. The van der Waals surface area contributed by atoms with Crippen molar-refractivity contribution in [3.8, 4) is 0 Å². The van der Waals surface area contributed by atoms with E-state index in [9.17, 15) is 4.79 Å². The number of nitrogens with two attached hydrogens (primary N) is 1. The van der Waals surface area contributed by atoms with Gasteiger partial charge >= 0.3 is 0 Å². The van der Waals surface area contributed by atoms with E-state index in [-0.39, 0.29) is 11.9 Å². The standard InChI is InChI=1S/C10H21N3O.C2H6/c1-2-3-6-12-7-8-4-5-9(13-8)10(11)14;1-2/h8-9,12-13H,2-7H2,1H3,(H2,11,14);1-2H3. The molecule has 96 valence electrons. The number of carbonyl (C=O) groups excluding carboxylic acids is 1. The number of hydrogen-bond acceptors (Lipinski definition) is 3. The molecule has 4 heteroatoms. The molecule has 1 aliphatic heterocycles. The number of nitrogens with one attached hydrogen (secondary N) is 2. The van der Waals surface area contributed by atoms with Crippen molar-refractivity contribution in [2.24, 2.45) is 5.73 Å². The van der Waals surface area contributed by atoms with Crippen molar-refractivity contribution in [2.45, 2.75) is 58.5 Å². The highest BCUT2D eigenvalue weighted by molar-refractivity contribution is 5.80. The average molecular weight is 229 g/mol. The number of amides is 1. The maximum atomic E-state index is 10.9. The second kappa shape index (κ2) is 9.60. The fourth-order valence-corrected chi connectivity index (χ4v) is 1.78. The van der Waals surface area contributed by atoms with E-state index in [2.05, 4.69) is 17.6 Å². The molecule has 0 bridgehead atoms. The summed E-state index contributed by atoms with van der Waals surface area (Å²) >= 11 is 0. The van der Waals surface area contributed by atoms with Crippen LogP contribution in [0, 0.1) is 0 Å². The molecule has 4 nitrogen and oxygen atoms in total. The first-order chi connectivity index (χ1) is 7.74. The molecule has 0 aliphatic carbocycles. The number of unbranched alkanes of at least 4 members (excludes halogenated alkanes) is 1. The summed E-state index contributed by atoms with van der Waals surface area (Å²) in [4.78, 5) is 10.9. The molecule has 1 heterocycles. The predicted molar refractivity (Wildman–Crippen MR) is 68.3 cm³/mol.